The number of phenols is 1. The second kappa shape index (κ2) is 11.4. The molecule has 3 aromatic carbocycles. The van der Waals surface area contributed by atoms with Gasteiger partial charge in [0.15, 0.2) is 23.1 Å². The Morgan fingerprint density at radius 1 is 0.872 bits per heavy atom. The number of hydrogen-bond acceptors (Lipinski definition) is 8. The van der Waals surface area contributed by atoms with Gasteiger partial charge < -0.3 is 10.0 Å². The molecule has 1 N–H and O–H groups in total. The highest BCUT2D eigenvalue weighted by molar-refractivity contribution is 6.25. The summed E-state index contributed by atoms with van der Waals surface area (Å²) >= 11 is 0. The molecule has 1 heterocycles. The third kappa shape index (κ3) is 5.00. The monoisotopic (exact) mass is 630 g/mol. The molecule has 2 amide bonds. The number of allylic oxidation sites excluding steroid dienone is 6. The van der Waals surface area contributed by atoms with Crippen molar-refractivity contribution in [3.05, 3.63) is 113 Å². The minimum absolute atomic E-state index is 0.122. The predicted octanol–water partition coefficient (Wildman–Crippen LogP) is 6.65. The first-order valence-electron chi connectivity index (χ1n) is 15.4. The number of benzene rings is 3. The topological polar surface area (TPSA) is 120 Å². The molecular weight excluding hydrogens is 599 g/mol. The SMILES string of the molecule is CC1=CC(=O)C2=C(CC3C(=CCC4C(=O)N(c5ccc(N=Nc6ccc(N(C)C)cc6)cc5)C(=O)C43)C2c2ccc(O)c(F)c2)C1=O. The standard InChI is InChI=1S/C37H31FN4O5/c1-19-16-31(44)34-28(35(19)45)18-27-25(32(34)20-4-15-30(43)29(38)17-20)13-14-26-33(27)37(47)42(36(26)46)24-11-7-22(8-12-24)40-39-21-5-9-23(10-6-21)41(2)3/h4-13,15-17,26-27,32-33,43H,14,18H2,1-3H3. The van der Waals surface area contributed by atoms with Crippen LogP contribution >= 0.6 is 0 Å². The molecular formula is C37H31FN4O5. The summed E-state index contributed by atoms with van der Waals surface area (Å²) in [5.74, 6) is -5.49. The Bertz CT molecular complexity index is 1990. The van der Waals surface area contributed by atoms with Crippen LogP contribution in [-0.2, 0) is 19.2 Å². The van der Waals surface area contributed by atoms with Gasteiger partial charge in [-0.3, -0.25) is 24.1 Å². The Kier molecular flexibility index (Phi) is 7.30. The maximum Gasteiger partial charge on any atom is 0.238 e. The van der Waals surface area contributed by atoms with Gasteiger partial charge in [-0.1, -0.05) is 17.7 Å². The number of halogens is 1. The number of anilines is 2. The number of carbonyl (C=O) groups is 4. The number of amides is 2. The maximum atomic E-state index is 14.6. The van der Waals surface area contributed by atoms with E-state index >= 15 is 0 Å². The second-order valence-corrected chi connectivity index (χ2v) is 12.6. The van der Waals surface area contributed by atoms with Crippen LogP contribution in [0.2, 0.25) is 0 Å². The molecule has 4 unspecified atom stereocenters. The summed E-state index contributed by atoms with van der Waals surface area (Å²) in [5.41, 5.74) is 4.62. The minimum atomic E-state index is -0.856. The number of imide groups is 1. The van der Waals surface area contributed by atoms with Crippen molar-refractivity contribution in [2.45, 2.75) is 25.7 Å². The van der Waals surface area contributed by atoms with Crippen LogP contribution in [0.25, 0.3) is 0 Å². The summed E-state index contributed by atoms with van der Waals surface area (Å²) in [5, 5.41) is 18.4. The molecule has 3 aromatic rings. The molecule has 10 heteroatoms. The van der Waals surface area contributed by atoms with E-state index in [4.69, 9.17) is 0 Å². The predicted molar refractivity (Wildman–Crippen MR) is 173 cm³/mol. The molecule has 3 aliphatic carbocycles. The summed E-state index contributed by atoms with van der Waals surface area (Å²) in [4.78, 5) is 57.9. The van der Waals surface area contributed by atoms with E-state index in [1.54, 1.807) is 31.2 Å². The molecule has 7 rings (SSSR count). The smallest absolute Gasteiger partial charge is 0.238 e. The van der Waals surface area contributed by atoms with Gasteiger partial charge in [-0.05, 0) is 98.0 Å². The molecule has 0 radical (unpaired) electrons. The van der Waals surface area contributed by atoms with Crippen LogP contribution in [0.3, 0.4) is 0 Å². The van der Waals surface area contributed by atoms with Crippen molar-refractivity contribution in [1.29, 1.82) is 0 Å². The number of Topliss-reactive ketones (excluding diaryl/α,β-unsaturated/α-hetero) is 1. The molecule has 0 spiro atoms. The Morgan fingerprint density at radius 2 is 1.53 bits per heavy atom. The van der Waals surface area contributed by atoms with E-state index in [2.05, 4.69) is 10.2 Å². The molecule has 1 saturated heterocycles. The number of carbonyl (C=O) groups excluding carboxylic acids is 4. The van der Waals surface area contributed by atoms with Crippen LogP contribution in [-0.4, -0.2) is 42.6 Å². The number of fused-ring (bicyclic) bond motifs is 3. The van der Waals surface area contributed by atoms with Gasteiger partial charge in [0.2, 0.25) is 11.8 Å². The summed E-state index contributed by atoms with van der Waals surface area (Å²) in [7, 11) is 3.91. The lowest BCUT2D eigenvalue weighted by Gasteiger charge is -2.42. The van der Waals surface area contributed by atoms with Crippen LogP contribution < -0.4 is 9.80 Å². The van der Waals surface area contributed by atoms with Crippen molar-refractivity contribution < 1.29 is 28.7 Å². The van der Waals surface area contributed by atoms with Crippen LogP contribution in [0, 0.1) is 23.6 Å². The Hall–Kier alpha value is -5.51. The molecule has 0 bridgehead atoms. The Morgan fingerprint density at radius 3 is 2.17 bits per heavy atom. The number of aromatic hydroxyl groups is 1. The van der Waals surface area contributed by atoms with Crippen molar-refractivity contribution in [3.8, 4) is 5.75 Å². The van der Waals surface area contributed by atoms with Crippen LogP contribution in [0.1, 0.15) is 31.2 Å². The normalized spacial score (nSPS) is 23.9. The van der Waals surface area contributed by atoms with Crippen molar-refractivity contribution in [2.24, 2.45) is 28.0 Å². The summed E-state index contributed by atoms with van der Waals surface area (Å²) in [6.45, 7) is 1.57. The average molecular weight is 631 g/mol. The number of ketones is 2. The van der Waals surface area contributed by atoms with Crippen molar-refractivity contribution >= 4 is 46.1 Å². The van der Waals surface area contributed by atoms with Gasteiger partial charge in [-0.15, -0.1) is 0 Å². The third-order valence-electron chi connectivity index (χ3n) is 9.62. The largest absolute Gasteiger partial charge is 0.505 e. The van der Waals surface area contributed by atoms with E-state index in [0.29, 0.717) is 39.3 Å². The zero-order valence-electron chi connectivity index (χ0n) is 26.0. The van der Waals surface area contributed by atoms with Crippen LogP contribution in [0.4, 0.5) is 27.1 Å². The van der Waals surface area contributed by atoms with Gasteiger partial charge in [0.1, 0.15) is 0 Å². The molecule has 236 valence electrons. The number of hydrogen-bond donors (Lipinski definition) is 1. The number of rotatable bonds is 5. The minimum Gasteiger partial charge on any atom is -0.505 e. The van der Waals surface area contributed by atoms with Gasteiger partial charge in [-0.2, -0.15) is 10.2 Å². The molecule has 1 aliphatic heterocycles. The molecule has 47 heavy (non-hydrogen) atoms. The van der Waals surface area contributed by atoms with E-state index in [-0.39, 0.29) is 41.8 Å². The summed E-state index contributed by atoms with van der Waals surface area (Å²) in [6.07, 6.45) is 3.55. The quantitative estimate of drug-likeness (QED) is 0.146. The van der Waals surface area contributed by atoms with Gasteiger partial charge in [0, 0.05) is 42.4 Å². The third-order valence-corrected chi connectivity index (χ3v) is 9.62. The highest BCUT2D eigenvalue weighted by Crippen LogP contribution is 2.55. The lowest BCUT2D eigenvalue weighted by atomic mass is 9.59. The van der Waals surface area contributed by atoms with E-state index in [0.717, 1.165) is 11.8 Å². The zero-order chi connectivity index (χ0) is 33.1. The lowest BCUT2D eigenvalue weighted by Crippen LogP contribution is -2.39. The molecule has 1 fully saturated rings. The molecule has 0 saturated carbocycles. The van der Waals surface area contributed by atoms with Crippen molar-refractivity contribution in [3.63, 3.8) is 0 Å². The number of azo groups is 1. The first-order valence-corrected chi connectivity index (χ1v) is 15.4. The lowest BCUT2D eigenvalue weighted by molar-refractivity contribution is -0.123. The fourth-order valence-corrected chi connectivity index (χ4v) is 7.32. The fourth-order valence-electron chi connectivity index (χ4n) is 7.32. The fraction of sp³-hybridized carbons (Fsp3) is 0.243. The molecule has 4 aliphatic rings. The number of phenolic OH excluding ortho intramolecular Hbond substituents is 1. The summed E-state index contributed by atoms with van der Waals surface area (Å²) < 4.78 is 14.6. The van der Waals surface area contributed by atoms with E-state index in [1.165, 1.54) is 23.1 Å². The van der Waals surface area contributed by atoms with Crippen LogP contribution in [0.5, 0.6) is 5.75 Å². The van der Waals surface area contributed by atoms with Gasteiger partial charge in [-0.25, -0.2) is 4.39 Å². The molecule has 4 atom stereocenters. The van der Waals surface area contributed by atoms with E-state index in [9.17, 15) is 28.7 Å². The van der Waals surface area contributed by atoms with Crippen molar-refractivity contribution in [1.82, 2.24) is 0 Å². The summed E-state index contributed by atoms with van der Waals surface area (Å²) in [6, 6.07) is 18.2. The first-order chi connectivity index (χ1) is 22.5. The van der Waals surface area contributed by atoms with E-state index in [1.807, 2.05) is 49.3 Å². The highest BCUT2D eigenvalue weighted by Gasteiger charge is 2.56. The highest BCUT2D eigenvalue weighted by atomic mass is 19.1. The Labute approximate surface area is 270 Å². The second-order valence-electron chi connectivity index (χ2n) is 12.6. The molecule has 0 aromatic heterocycles. The number of nitrogens with zero attached hydrogens (tertiary/aromatic N) is 4. The van der Waals surface area contributed by atoms with Crippen LogP contribution in [0.15, 0.2) is 111 Å². The van der Waals surface area contributed by atoms with Crippen molar-refractivity contribution in [2.75, 3.05) is 23.9 Å². The molecule has 9 nitrogen and oxygen atoms in total. The van der Waals surface area contributed by atoms with Gasteiger partial charge in [0.05, 0.1) is 28.9 Å². The van der Waals surface area contributed by atoms with E-state index < -0.39 is 35.2 Å². The van der Waals surface area contributed by atoms with Gasteiger partial charge in [0.25, 0.3) is 0 Å². The Balaban J connectivity index is 1.19. The maximum absolute atomic E-state index is 14.6. The first kappa shape index (κ1) is 30.2. The van der Waals surface area contributed by atoms with Gasteiger partial charge >= 0.3 is 0 Å². The average Bonchev–Trinajstić information content (AvgIpc) is 3.32. The zero-order valence-corrected chi connectivity index (χ0v) is 26.0.